The van der Waals surface area contributed by atoms with Gasteiger partial charge in [-0.3, -0.25) is 4.99 Å². The van der Waals surface area contributed by atoms with E-state index in [2.05, 4.69) is 10.3 Å². The summed E-state index contributed by atoms with van der Waals surface area (Å²) >= 11 is 5.64. The normalized spacial score (nSPS) is 12.2. The molecule has 3 nitrogen and oxygen atoms in total. The van der Waals surface area contributed by atoms with Crippen LogP contribution in [0.3, 0.4) is 0 Å². The van der Waals surface area contributed by atoms with Crippen molar-refractivity contribution in [2.45, 2.75) is 33.9 Å². The van der Waals surface area contributed by atoms with Gasteiger partial charge < -0.3 is 10.1 Å². The highest BCUT2D eigenvalue weighted by atomic mass is 35.5. The van der Waals surface area contributed by atoms with E-state index in [9.17, 15) is 13.2 Å². The first-order valence-corrected chi connectivity index (χ1v) is 8.43. The summed E-state index contributed by atoms with van der Waals surface area (Å²) in [7, 11) is 0. The summed E-state index contributed by atoms with van der Waals surface area (Å²) in [5.41, 5.74) is 1.62. The van der Waals surface area contributed by atoms with E-state index < -0.39 is 11.7 Å². The van der Waals surface area contributed by atoms with E-state index in [4.69, 9.17) is 16.3 Å². The summed E-state index contributed by atoms with van der Waals surface area (Å²) in [5, 5.41) is 2.85. The fraction of sp³-hybridized carbons (Fsp3) is 0.316. The number of aryl methyl sites for hydroxylation is 2. The standard InChI is InChI=1S/C19H20ClF3N2O/c1-5-24-13(4)25-17-8-12(3)18(9-11(17)2)26-14-6-7-16(20)15(10-14)19(21,22)23/h6-10H,5H2,1-4H3,(H,24,25). The number of halogens is 4. The van der Waals surface area contributed by atoms with Gasteiger partial charge in [-0.2, -0.15) is 13.2 Å². The van der Waals surface area contributed by atoms with Crippen LogP contribution in [-0.4, -0.2) is 12.4 Å². The third-order valence-electron chi connectivity index (χ3n) is 3.70. The van der Waals surface area contributed by atoms with Crippen molar-refractivity contribution < 1.29 is 17.9 Å². The van der Waals surface area contributed by atoms with Crippen molar-refractivity contribution in [1.82, 2.24) is 0 Å². The monoisotopic (exact) mass is 384 g/mol. The molecule has 140 valence electrons. The number of hydrogen-bond donors (Lipinski definition) is 1. The zero-order valence-corrected chi connectivity index (χ0v) is 15.7. The van der Waals surface area contributed by atoms with E-state index in [-0.39, 0.29) is 10.8 Å². The van der Waals surface area contributed by atoms with Gasteiger partial charge in [0.15, 0.2) is 0 Å². The van der Waals surface area contributed by atoms with E-state index >= 15 is 0 Å². The molecule has 26 heavy (non-hydrogen) atoms. The van der Waals surface area contributed by atoms with Crippen LogP contribution in [0.15, 0.2) is 35.3 Å². The molecular formula is C19H20ClF3N2O. The molecule has 1 N–H and O–H groups in total. The lowest BCUT2D eigenvalue weighted by atomic mass is 10.1. The number of hydrogen-bond acceptors (Lipinski definition) is 2. The van der Waals surface area contributed by atoms with Crippen LogP contribution in [0.1, 0.15) is 30.5 Å². The maximum absolute atomic E-state index is 13.0. The average molecular weight is 385 g/mol. The van der Waals surface area contributed by atoms with Gasteiger partial charge in [0.25, 0.3) is 0 Å². The number of nitrogens with one attached hydrogen (secondary N) is 1. The van der Waals surface area contributed by atoms with Crippen LogP contribution in [0.4, 0.5) is 18.9 Å². The summed E-state index contributed by atoms with van der Waals surface area (Å²) in [6.45, 7) is 8.20. The van der Waals surface area contributed by atoms with Gasteiger partial charge in [0.1, 0.15) is 11.5 Å². The molecule has 2 aromatic carbocycles. The Kier molecular flexibility index (Phi) is 6.18. The first kappa shape index (κ1) is 20.1. The highest BCUT2D eigenvalue weighted by molar-refractivity contribution is 6.31. The van der Waals surface area contributed by atoms with Crippen molar-refractivity contribution in [2.75, 3.05) is 11.9 Å². The van der Waals surface area contributed by atoms with Crippen LogP contribution >= 0.6 is 11.6 Å². The number of benzene rings is 2. The second-order valence-corrected chi connectivity index (χ2v) is 6.27. The quantitative estimate of drug-likeness (QED) is 0.474. The van der Waals surface area contributed by atoms with Crippen molar-refractivity contribution in [3.63, 3.8) is 0 Å². The predicted molar refractivity (Wildman–Crippen MR) is 99.7 cm³/mol. The molecule has 0 atom stereocenters. The van der Waals surface area contributed by atoms with E-state index in [0.29, 0.717) is 12.3 Å². The number of ether oxygens (including phenoxy) is 1. The van der Waals surface area contributed by atoms with Crippen molar-refractivity contribution in [1.29, 1.82) is 0 Å². The van der Waals surface area contributed by atoms with Crippen molar-refractivity contribution in [3.05, 3.63) is 52.0 Å². The summed E-state index contributed by atoms with van der Waals surface area (Å²) in [4.78, 5) is 4.28. The highest BCUT2D eigenvalue weighted by Crippen LogP contribution is 2.38. The Hall–Kier alpha value is -2.21. The Morgan fingerprint density at radius 3 is 2.46 bits per heavy atom. The molecule has 0 saturated carbocycles. The van der Waals surface area contributed by atoms with Crippen molar-refractivity contribution in [3.8, 4) is 11.5 Å². The third-order valence-corrected chi connectivity index (χ3v) is 4.03. The summed E-state index contributed by atoms with van der Waals surface area (Å²) in [6.07, 6.45) is -4.54. The fourth-order valence-electron chi connectivity index (χ4n) is 2.42. The van der Waals surface area contributed by atoms with Gasteiger partial charge >= 0.3 is 6.18 Å². The van der Waals surface area contributed by atoms with Crippen LogP contribution < -0.4 is 10.1 Å². The number of nitrogens with zero attached hydrogens (tertiary/aromatic N) is 1. The van der Waals surface area contributed by atoms with Gasteiger partial charge in [-0.15, -0.1) is 0 Å². The van der Waals surface area contributed by atoms with Gasteiger partial charge in [0, 0.05) is 12.2 Å². The van der Waals surface area contributed by atoms with Crippen LogP contribution in [0, 0.1) is 13.8 Å². The minimum Gasteiger partial charge on any atom is -0.457 e. The number of alkyl halides is 3. The molecule has 2 rings (SSSR count). The highest BCUT2D eigenvalue weighted by Gasteiger charge is 2.33. The molecule has 7 heteroatoms. The van der Waals surface area contributed by atoms with Gasteiger partial charge in [0.2, 0.25) is 0 Å². The van der Waals surface area contributed by atoms with Gasteiger partial charge in [0.05, 0.1) is 16.4 Å². The van der Waals surface area contributed by atoms with E-state index in [1.807, 2.05) is 33.8 Å². The molecule has 0 aliphatic carbocycles. The molecule has 0 spiro atoms. The summed E-state index contributed by atoms with van der Waals surface area (Å²) < 4.78 is 44.6. The maximum Gasteiger partial charge on any atom is 0.417 e. The smallest absolute Gasteiger partial charge is 0.417 e. The molecule has 0 heterocycles. The molecule has 0 aliphatic rings. The van der Waals surface area contributed by atoms with Crippen molar-refractivity contribution >= 4 is 23.1 Å². The third kappa shape index (κ3) is 4.91. The largest absolute Gasteiger partial charge is 0.457 e. The van der Waals surface area contributed by atoms with E-state index in [1.165, 1.54) is 12.1 Å². The molecule has 0 aromatic heterocycles. The Labute approximate surface area is 155 Å². The number of amidine groups is 1. The summed E-state index contributed by atoms with van der Waals surface area (Å²) in [5.74, 6) is 1.35. The minimum atomic E-state index is -4.54. The molecule has 0 amide bonds. The first-order chi connectivity index (χ1) is 12.1. The molecule has 0 bridgehead atoms. The average Bonchev–Trinajstić information content (AvgIpc) is 2.53. The second kappa shape index (κ2) is 7.99. The Morgan fingerprint density at radius 1 is 1.15 bits per heavy atom. The van der Waals surface area contributed by atoms with E-state index in [0.717, 1.165) is 28.7 Å². The van der Waals surface area contributed by atoms with Crippen LogP contribution in [0.5, 0.6) is 11.5 Å². The predicted octanol–water partition coefficient (Wildman–Crippen LogP) is 6.62. The molecule has 0 fully saturated rings. The lowest BCUT2D eigenvalue weighted by Gasteiger charge is -2.16. The van der Waals surface area contributed by atoms with Crippen molar-refractivity contribution in [2.24, 2.45) is 4.99 Å². The molecule has 0 saturated heterocycles. The summed E-state index contributed by atoms with van der Waals surface area (Å²) in [6, 6.07) is 7.15. The Bertz CT molecular complexity index is 832. The van der Waals surface area contributed by atoms with E-state index in [1.54, 1.807) is 6.07 Å². The SMILES string of the molecule is CCN=C(C)Nc1cc(C)c(Oc2ccc(Cl)c(C(F)(F)F)c2)cc1C. The second-order valence-electron chi connectivity index (χ2n) is 5.86. The number of aliphatic imine (C=N–C) groups is 1. The molecule has 0 unspecified atom stereocenters. The molecular weight excluding hydrogens is 365 g/mol. The van der Waals surface area contributed by atoms with Gasteiger partial charge in [-0.05, 0) is 69.2 Å². The topological polar surface area (TPSA) is 33.6 Å². The zero-order chi connectivity index (χ0) is 19.5. The first-order valence-electron chi connectivity index (χ1n) is 8.05. The Morgan fingerprint density at radius 2 is 1.85 bits per heavy atom. The lowest BCUT2D eigenvalue weighted by molar-refractivity contribution is -0.137. The van der Waals surface area contributed by atoms with Crippen LogP contribution in [-0.2, 0) is 6.18 Å². The molecule has 0 aliphatic heterocycles. The minimum absolute atomic E-state index is 0.0775. The maximum atomic E-state index is 13.0. The zero-order valence-electron chi connectivity index (χ0n) is 15.0. The number of anilines is 1. The van der Waals surface area contributed by atoms with Gasteiger partial charge in [-0.25, -0.2) is 0 Å². The molecule has 0 radical (unpaired) electrons. The fourth-order valence-corrected chi connectivity index (χ4v) is 2.64. The number of rotatable bonds is 4. The lowest BCUT2D eigenvalue weighted by Crippen LogP contribution is -2.09. The van der Waals surface area contributed by atoms with Crippen LogP contribution in [0.2, 0.25) is 5.02 Å². The van der Waals surface area contributed by atoms with Crippen LogP contribution in [0.25, 0.3) is 0 Å². The molecule has 2 aromatic rings. The Balaban J connectivity index is 2.31. The van der Waals surface area contributed by atoms with Gasteiger partial charge in [-0.1, -0.05) is 11.6 Å².